The van der Waals surface area contributed by atoms with Gasteiger partial charge in [0.25, 0.3) is 0 Å². The first-order valence-electron chi connectivity index (χ1n) is 6.21. The van der Waals surface area contributed by atoms with E-state index in [0.717, 1.165) is 17.5 Å². The van der Waals surface area contributed by atoms with E-state index in [1.807, 2.05) is 50.2 Å². The Labute approximate surface area is 114 Å². The number of nitrogens with zero attached hydrogens (tertiary/aromatic N) is 2. The zero-order valence-electron chi connectivity index (χ0n) is 11.9. The SMILES string of the molecule is CCN(C(C)=O)c1cccc(/C(C=O)=C\N(C)C)c1. The Kier molecular flexibility index (Phi) is 5.30. The van der Waals surface area contributed by atoms with Crippen LogP contribution in [0.25, 0.3) is 5.57 Å². The topological polar surface area (TPSA) is 40.6 Å². The van der Waals surface area contributed by atoms with Gasteiger partial charge < -0.3 is 9.80 Å². The Bertz CT molecular complexity index is 493. The van der Waals surface area contributed by atoms with Gasteiger partial charge in [0, 0.05) is 45.0 Å². The molecular formula is C15H20N2O2. The minimum atomic E-state index is -0.0103. The standard InChI is InChI=1S/C15H20N2O2/c1-5-17(12(2)19)15-8-6-7-13(9-15)14(11-18)10-16(3)4/h6-11H,5H2,1-4H3/b14-10-. The van der Waals surface area contributed by atoms with Crippen molar-refractivity contribution in [2.75, 3.05) is 25.5 Å². The van der Waals surface area contributed by atoms with Crippen molar-refractivity contribution in [3.63, 3.8) is 0 Å². The molecule has 0 atom stereocenters. The highest BCUT2D eigenvalue weighted by Gasteiger charge is 2.10. The van der Waals surface area contributed by atoms with Crippen LogP contribution >= 0.6 is 0 Å². The predicted molar refractivity (Wildman–Crippen MR) is 77.9 cm³/mol. The van der Waals surface area contributed by atoms with E-state index in [9.17, 15) is 9.59 Å². The van der Waals surface area contributed by atoms with Crippen LogP contribution in [0.4, 0.5) is 5.69 Å². The van der Waals surface area contributed by atoms with Gasteiger partial charge in [-0.3, -0.25) is 9.59 Å². The van der Waals surface area contributed by atoms with Crippen LogP contribution in [0.15, 0.2) is 30.5 Å². The number of anilines is 1. The van der Waals surface area contributed by atoms with Crippen LogP contribution in [-0.4, -0.2) is 37.7 Å². The minimum Gasteiger partial charge on any atom is -0.383 e. The molecule has 1 rings (SSSR count). The fourth-order valence-corrected chi connectivity index (χ4v) is 1.89. The maximum Gasteiger partial charge on any atom is 0.223 e. The lowest BCUT2D eigenvalue weighted by Gasteiger charge is -2.20. The van der Waals surface area contributed by atoms with E-state index < -0.39 is 0 Å². The van der Waals surface area contributed by atoms with Crippen molar-refractivity contribution in [2.24, 2.45) is 0 Å². The fraction of sp³-hybridized carbons (Fsp3) is 0.333. The van der Waals surface area contributed by atoms with Crippen molar-refractivity contribution in [3.8, 4) is 0 Å². The number of benzene rings is 1. The Hall–Kier alpha value is -2.10. The van der Waals surface area contributed by atoms with Crippen LogP contribution in [0, 0.1) is 0 Å². The molecule has 1 amide bonds. The molecule has 1 aromatic rings. The molecule has 0 radical (unpaired) electrons. The molecule has 102 valence electrons. The molecule has 0 unspecified atom stereocenters. The van der Waals surface area contributed by atoms with Crippen LogP contribution in [0.5, 0.6) is 0 Å². The summed E-state index contributed by atoms with van der Waals surface area (Å²) in [7, 11) is 3.72. The molecule has 0 aliphatic rings. The summed E-state index contributed by atoms with van der Waals surface area (Å²) in [6.45, 7) is 4.06. The summed E-state index contributed by atoms with van der Waals surface area (Å²) in [6, 6.07) is 7.44. The number of carbonyl (C=O) groups is 2. The van der Waals surface area contributed by atoms with Gasteiger partial charge in [-0.1, -0.05) is 12.1 Å². The third-order valence-corrected chi connectivity index (χ3v) is 2.71. The molecule has 4 nitrogen and oxygen atoms in total. The van der Waals surface area contributed by atoms with E-state index in [0.29, 0.717) is 12.1 Å². The van der Waals surface area contributed by atoms with Crippen molar-refractivity contribution in [1.82, 2.24) is 4.90 Å². The molecule has 1 aromatic carbocycles. The van der Waals surface area contributed by atoms with Gasteiger partial charge >= 0.3 is 0 Å². The lowest BCUT2D eigenvalue weighted by molar-refractivity contribution is -0.116. The molecule has 0 fully saturated rings. The van der Waals surface area contributed by atoms with Crippen LogP contribution in [0.3, 0.4) is 0 Å². The second kappa shape index (κ2) is 6.73. The fourth-order valence-electron chi connectivity index (χ4n) is 1.89. The summed E-state index contributed by atoms with van der Waals surface area (Å²) < 4.78 is 0. The monoisotopic (exact) mass is 260 g/mol. The molecule has 0 aromatic heterocycles. The van der Waals surface area contributed by atoms with E-state index >= 15 is 0 Å². The second-order valence-electron chi connectivity index (χ2n) is 4.48. The molecular weight excluding hydrogens is 240 g/mol. The van der Waals surface area contributed by atoms with Gasteiger partial charge in [0.1, 0.15) is 0 Å². The highest BCUT2D eigenvalue weighted by atomic mass is 16.2. The first-order valence-corrected chi connectivity index (χ1v) is 6.21. The molecule has 0 N–H and O–H groups in total. The maximum absolute atomic E-state index is 11.5. The Morgan fingerprint density at radius 1 is 1.32 bits per heavy atom. The van der Waals surface area contributed by atoms with Gasteiger partial charge in [0.2, 0.25) is 5.91 Å². The summed E-state index contributed by atoms with van der Waals surface area (Å²) in [5, 5.41) is 0. The van der Waals surface area contributed by atoms with Gasteiger partial charge in [0.15, 0.2) is 6.29 Å². The summed E-state index contributed by atoms with van der Waals surface area (Å²) in [5.74, 6) is -0.0103. The highest BCUT2D eigenvalue weighted by Crippen LogP contribution is 2.21. The van der Waals surface area contributed by atoms with Crippen molar-refractivity contribution in [3.05, 3.63) is 36.0 Å². The normalized spacial score (nSPS) is 11.1. The number of rotatable bonds is 5. The molecule has 0 aliphatic carbocycles. The van der Waals surface area contributed by atoms with E-state index in [1.165, 1.54) is 6.92 Å². The summed E-state index contributed by atoms with van der Waals surface area (Å²) in [5.41, 5.74) is 2.20. The van der Waals surface area contributed by atoms with Crippen LogP contribution in [0.2, 0.25) is 0 Å². The largest absolute Gasteiger partial charge is 0.383 e. The lowest BCUT2D eigenvalue weighted by atomic mass is 10.1. The van der Waals surface area contributed by atoms with E-state index in [-0.39, 0.29) is 5.91 Å². The van der Waals surface area contributed by atoms with Crippen LogP contribution in [0.1, 0.15) is 19.4 Å². The first kappa shape index (κ1) is 15.0. The Morgan fingerprint density at radius 3 is 2.47 bits per heavy atom. The van der Waals surface area contributed by atoms with Gasteiger partial charge in [-0.15, -0.1) is 0 Å². The first-order chi connectivity index (χ1) is 8.99. The number of allylic oxidation sites excluding steroid dienone is 1. The molecule has 0 saturated heterocycles. The molecule has 0 bridgehead atoms. The van der Waals surface area contributed by atoms with Crippen molar-refractivity contribution < 1.29 is 9.59 Å². The van der Waals surface area contributed by atoms with Crippen molar-refractivity contribution in [1.29, 1.82) is 0 Å². The van der Waals surface area contributed by atoms with Gasteiger partial charge in [0.05, 0.1) is 0 Å². The van der Waals surface area contributed by atoms with Gasteiger partial charge in [-0.2, -0.15) is 0 Å². The number of carbonyl (C=O) groups excluding carboxylic acids is 2. The quantitative estimate of drug-likeness (QED) is 0.601. The van der Waals surface area contributed by atoms with Crippen LogP contribution in [-0.2, 0) is 9.59 Å². The van der Waals surface area contributed by atoms with Gasteiger partial charge in [-0.25, -0.2) is 0 Å². The number of aldehydes is 1. The number of hydrogen-bond acceptors (Lipinski definition) is 3. The average Bonchev–Trinajstić information content (AvgIpc) is 2.36. The molecule has 0 spiro atoms. The second-order valence-corrected chi connectivity index (χ2v) is 4.48. The minimum absolute atomic E-state index is 0.0103. The lowest BCUT2D eigenvalue weighted by Crippen LogP contribution is -2.27. The van der Waals surface area contributed by atoms with E-state index in [1.54, 1.807) is 11.1 Å². The van der Waals surface area contributed by atoms with Crippen molar-refractivity contribution >= 4 is 23.5 Å². The summed E-state index contributed by atoms with van der Waals surface area (Å²) in [6.07, 6.45) is 2.58. The Morgan fingerprint density at radius 2 is 2.00 bits per heavy atom. The molecule has 19 heavy (non-hydrogen) atoms. The number of amides is 1. The summed E-state index contributed by atoms with van der Waals surface area (Å²) >= 11 is 0. The van der Waals surface area contributed by atoms with E-state index in [2.05, 4.69) is 0 Å². The van der Waals surface area contributed by atoms with Gasteiger partial charge in [-0.05, 0) is 24.6 Å². The molecule has 0 aliphatic heterocycles. The van der Waals surface area contributed by atoms with Crippen LogP contribution < -0.4 is 4.90 Å². The molecule has 0 heterocycles. The smallest absolute Gasteiger partial charge is 0.223 e. The maximum atomic E-state index is 11.5. The van der Waals surface area contributed by atoms with Crippen molar-refractivity contribution in [2.45, 2.75) is 13.8 Å². The third kappa shape index (κ3) is 3.95. The zero-order chi connectivity index (χ0) is 14.4. The zero-order valence-corrected chi connectivity index (χ0v) is 11.9. The Balaban J connectivity index is 3.19. The average molecular weight is 260 g/mol. The highest BCUT2D eigenvalue weighted by molar-refractivity contribution is 6.07. The summed E-state index contributed by atoms with van der Waals surface area (Å²) in [4.78, 5) is 26.2. The molecule has 4 heteroatoms. The molecule has 0 saturated carbocycles. The third-order valence-electron chi connectivity index (χ3n) is 2.71. The predicted octanol–water partition coefficient (Wildman–Crippen LogP) is 2.16. The van der Waals surface area contributed by atoms with E-state index in [4.69, 9.17) is 0 Å². The number of hydrogen-bond donors (Lipinski definition) is 0.